The molecule has 1 amide bonds. The van der Waals surface area contributed by atoms with Crippen molar-refractivity contribution in [3.63, 3.8) is 0 Å². The molecule has 1 aromatic carbocycles. The summed E-state index contributed by atoms with van der Waals surface area (Å²) in [6, 6.07) is 7.56. The van der Waals surface area contributed by atoms with Crippen molar-refractivity contribution in [1.29, 1.82) is 0 Å². The topological polar surface area (TPSA) is 66.4 Å². The van der Waals surface area contributed by atoms with Crippen LogP contribution in [0.25, 0.3) is 0 Å². The Kier molecular flexibility index (Phi) is 5.29. The zero-order valence-corrected chi connectivity index (χ0v) is 13.9. The first-order chi connectivity index (χ1) is 10.4. The van der Waals surface area contributed by atoms with Gasteiger partial charge in [0.2, 0.25) is 5.91 Å². The van der Waals surface area contributed by atoms with Crippen LogP contribution in [0.4, 0.5) is 5.69 Å². The average Bonchev–Trinajstić information content (AvgIpc) is 2.49. The van der Waals surface area contributed by atoms with E-state index in [-0.39, 0.29) is 5.91 Å². The van der Waals surface area contributed by atoms with Crippen molar-refractivity contribution in [3.05, 3.63) is 35.4 Å². The minimum Gasteiger partial charge on any atom is -0.481 e. The molecule has 118 valence electrons. The molecule has 2 atom stereocenters. The molecule has 1 aromatic rings. The predicted molar refractivity (Wildman–Crippen MR) is 89.1 cm³/mol. The number of hydrogen-bond acceptors (Lipinski definition) is 3. The van der Waals surface area contributed by atoms with Gasteiger partial charge in [-0.05, 0) is 45.1 Å². The number of carboxylic acids is 1. The van der Waals surface area contributed by atoms with Crippen molar-refractivity contribution in [2.24, 2.45) is 11.8 Å². The molecule has 0 bridgehead atoms. The Morgan fingerprint density at radius 2 is 1.73 bits per heavy atom. The normalized spacial score (nSPS) is 21.6. The average molecular weight is 319 g/mol. The van der Waals surface area contributed by atoms with E-state index in [1.54, 1.807) is 11.8 Å². The number of anilines is 1. The summed E-state index contributed by atoms with van der Waals surface area (Å²) in [7, 11) is 0. The number of allylic oxidation sites excluding steroid dienone is 2. The first-order valence-electron chi connectivity index (χ1n) is 7.26. The van der Waals surface area contributed by atoms with Crippen LogP contribution in [0.5, 0.6) is 0 Å². The first-order valence-corrected chi connectivity index (χ1v) is 8.48. The highest BCUT2D eigenvalue weighted by Crippen LogP contribution is 2.35. The second kappa shape index (κ2) is 7.01. The van der Waals surface area contributed by atoms with Crippen molar-refractivity contribution in [2.75, 3.05) is 11.6 Å². The summed E-state index contributed by atoms with van der Waals surface area (Å²) in [4.78, 5) is 25.1. The monoisotopic (exact) mass is 319 g/mol. The SMILES string of the molecule is CSc1ccccc1NC(=O)[C@H]1CC(C)=C(C)C[C@@H]1C(=O)O. The number of thioether (sulfide) groups is 1. The van der Waals surface area contributed by atoms with Gasteiger partial charge in [-0.15, -0.1) is 11.8 Å². The van der Waals surface area contributed by atoms with Crippen LogP contribution in [-0.4, -0.2) is 23.2 Å². The van der Waals surface area contributed by atoms with Gasteiger partial charge in [0.15, 0.2) is 0 Å². The van der Waals surface area contributed by atoms with Gasteiger partial charge in [-0.25, -0.2) is 0 Å². The summed E-state index contributed by atoms with van der Waals surface area (Å²) in [5.41, 5.74) is 2.95. The van der Waals surface area contributed by atoms with Crippen LogP contribution in [-0.2, 0) is 9.59 Å². The largest absolute Gasteiger partial charge is 0.481 e. The van der Waals surface area contributed by atoms with E-state index < -0.39 is 17.8 Å². The van der Waals surface area contributed by atoms with E-state index >= 15 is 0 Å². The standard InChI is InChI=1S/C17H21NO3S/c1-10-8-12(13(17(20)21)9-11(10)2)16(19)18-14-6-4-5-7-15(14)22-3/h4-7,12-13H,8-9H2,1-3H3,(H,18,19)(H,20,21)/t12-,13-/m0/s1. The Morgan fingerprint density at radius 3 is 2.32 bits per heavy atom. The minimum absolute atomic E-state index is 0.208. The van der Waals surface area contributed by atoms with Crippen LogP contribution in [0.15, 0.2) is 40.3 Å². The van der Waals surface area contributed by atoms with Gasteiger partial charge in [-0.3, -0.25) is 9.59 Å². The molecule has 0 spiro atoms. The van der Waals surface area contributed by atoms with Crippen LogP contribution in [0, 0.1) is 11.8 Å². The Morgan fingerprint density at radius 1 is 1.14 bits per heavy atom. The van der Waals surface area contributed by atoms with E-state index in [0.29, 0.717) is 12.8 Å². The van der Waals surface area contributed by atoms with Crippen molar-refractivity contribution in [3.8, 4) is 0 Å². The second-order valence-electron chi connectivity index (χ2n) is 5.71. The fourth-order valence-corrected chi connectivity index (χ4v) is 3.35. The number of hydrogen-bond donors (Lipinski definition) is 2. The second-order valence-corrected chi connectivity index (χ2v) is 6.56. The fraction of sp³-hybridized carbons (Fsp3) is 0.412. The lowest BCUT2D eigenvalue weighted by atomic mass is 9.76. The van der Waals surface area contributed by atoms with Crippen molar-refractivity contribution < 1.29 is 14.7 Å². The van der Waals surface area contributed by atoms with Gasteiger partial charge in [-0.2, -0.15) is 0 Å². The number of benzene rings is 1. The summed E-state index contributed by atoms with van der Waals surface area (Å²) < 4.78 is 0. The molecule has 2 rings (SSSR count). The summed E-state index contributed by atoms with van der Waals surface area (Å²) in [6.45, 7) is 3.92. The van der Waals surface area contributed by atoms with Crippen LogP contribution in [0.2, 0.25) is 0 Å². The molecule has 0 radical (unpaired) electrons. The molecule has 0 unspecified atom stereocenters. The Hall–Kier alpha value is -1.75. The smallest absolute Gasteiger partial charge is 0.307 e. The zero-order valence-electron chi connectivity index (χ0n) is 13.1. The number of para-hydroxylation sites is 1. The van der Waals surface area contributed by atoms with Crippen LogP contribution in [0.3, 0.4) is 0 Å². The maximum absolute atomic E-state index is 12.6. The van der Waals surface area contributed by atoms with Gasteiger partial charge in [0.25, 0.3) is 0 Å². The summed E-state index contributed by atoms with van der Waals surface area (Å²) in [5, 5.41) is 12.3. The van der Waals surface area contributed by atoms with Crippen molar-refractivity contribution in [2.45, 2.75) is 31.6 Å². The highest BCUT2D eigenvalue weighted by molar-refractivity contribution is 7.98. The zero-order chi connectivity index (χ0) is 16.3. The van der Waals surface area contributed by atoms with Gasteiger partial charge in [0.1, 0.15) is 0 Å². The van der Waals surface area contributed by atoms with Gasteiger partial charge in [-0.1, -0.05) is 23.3 Å². The van der Waals surface area contributed by atoms with Gasteiger partial charge < -0.3 is 10.4 Å². The quantitative estimate of drug-likeness (QED) is 0.654. The third-order valence-electron chi connectivity index (χ3n) is 4.29. The third kappa shape index (κ3) is 3.53. The van der Waals surface area contributed by atoms with Crippen LogP contribution >= 0.6 is 11.8 Å². The molecule has 0 saturated heterocycles. The van der Waals surface area contributed by atoms with E-state index in [2.05, 4.69) is 5.32 Å². The lowest BCUT2D eigenvalue weighted by molar-refractivity contribution is -0.146. The molecule has 1 aliphatic rings. The number of carboxylic acid groups (broad SMARTS) is 1. The number of amides is 1. The summed E-state index contributed by atoms with van der Waals surface area (Å²) in [5.74, 6) is -2.27. The Balaban J connectivity index is 2.22. The van der Waals surface area contributed by atoms with E-state index in [0.717, 1.165) is 21.7 Å². The Bertz CT molecular complexity index is 624. The van der Waals surface area contributed by atoms with Crippen molar-refractivity contribution in [1.82, 2.24) is 0 Å². The number of rotatable bonds is 4. The molecular formula is C17H21NO3S. The molecule has 5 heteroatoms. The van der Waals surface area contributed by atoms with E-state index in [1.165, 1.54) is 0 Å². The maximum atomic E-state index is 12.6. The molecule has 4 nitrogen and oxygen atoms in total. The maximum Gasteiger partial charge on any atom is 0.307 e. The highest BCUT2D eigenvalue weighted by Gasteiger charge is 2.37. The van der Waals surface area contributed by atoms with Gasteiger partial charge >= 0.3 is 5.97 Å². The van der Waals surface area contributed by atoms with E-state index in [1.807, 2.05) is 44.4 Å². The predicted octanol–water partition coefficient (Wildman–Crippen LogP) is 3.79. The van der Waals surface area contributed by atoms with E-state index in [9.17, 15) is 14.7 Å². The molecule has 0 saturated carbocycles. The molecule has 0 aromatic heterocycles. The lowest BCUT2D eigenvalue weighted by Gasteiger charge is -2.29. The van der Waals surface area contributed by atoms with Gasteiger partial charge in [0, 0.05) is 4.90 Å². The van der Waals surface area contributed by atoms with Crippen LogP contribution in [0.1, 0.15) is 26.7 Å². The molecule has 0 heterocycles. The third-order valence-corrected chi connectivity index (χ3v) is 5.08. The molecule has 22 heavy (non-hydrogen) atoms. The number of carbonyl (C=O) groups is 2. The molecule has 2 N–H and O–H groups in total. The summed E-state index contributed by atoms with van der Waals surface area (Å²) >= 11 is 1.55. The number of carbonyl (C=O) groups excluding carboxylic acids is 1. The molecule has 0 fully saturated rings. The lowest BCUT2D eigenvalue weighted by Crippen LogP contribution is -2.36. The first kappa shape index (κ1) is 16.6. The number of aliphatic carboxylic acids is 1. The van der Waals surface area contributed by atoms with Crippen molar-refractivity contribution >= 4 is 29.3 Å². The molecule has 0 aliphatic heterocycles. The van der Waals surface area contributed by atoms with E-state index in [4.69, 9.17) is 0 Å². The fourth-order valence-electron chi connectivity index (χ4n) is 2.80. The van der Waals surface area contributed by atoms with Gasteiger partial charge in [0.05, 0.1) is 17.5 Å². The summed E-state index contributed by atoms with van der Waals surface area (Å²) in [6.07, 6.45) is 2.90. The van der Waals surface area contributed by atoms with Crippen LogP contribution < -0.4 is 5.32 Å². The molecule has 1 aliphatic carbocycles. The minimum atomic E-state index is -0.898. The number of nitrogens with one attached hydrogen (secondary N) is 1. The molecular weight excluding hydrogens is 298 g/mol. The Labute approximate surface area is 135 Å². The highest BCUT2D eigenvalue weighted by atomic mass is 32.2.